The fourth-order valence-corrected chi connectivity index (χ4v) is 2.91. The molecule has 1 amide bonds. The van der Waals surface area contributed by atoms with Gasteiger partial charge in [-0.1, -0.05) is 6.07 Å². The van der Waals surface area contributed by atoms with Gasteiger partial charge >= 0.3 is 11.8 Å². The zero-order valence-electron chi connectivity index (χ0n) is 17.5. The van der Waals surface area contributed by atoms with Crippen molar-refractivity contribution in [1.29, 1.82) is 0 Å². The minimum absolute atomic E-state index is 0.0326. The predicted molar refractivity (Wildman–Crippen MR) is 111 cm³/mol. The number of nitrogens with two attached hydrogens (primary N) is 1. The van der Waals surface area contributed by atoms with Gasteiger partial charge in [-0.2, -0.15) is 5.10 Å². The van der Waals surface area contributed by atoms with Crippen LogP contribution in [0.25, 0.3) is 11.1 Å². The van der Waals surface area contributed by atoms with Crippen LogP contribution in [0.3, 0.4) is 0 Å². The Morgan fingerprint density at radius 2 is 2.12 bits per heavy atom. The normalized spacial score (nSPS) is 11.6. The molecule has 2 N–H and O–H groups in total. The zero-order chi connectivity index (χ0) is 23.3. The van der Waals surface area contributed by atoms with E-state index >= 15 is 0 Å². The number of carbonyl (C=O) groups excluding carboxylic acids is 1. The molecule has 1 aromatic carbocycles. The summed E-state index contributed by atoms with van der Waals surface area (Å²) in [4.78, 5) is 26.0. The van der Waals surface area contributed by atoms with Gasteiger partial charge in [-0.25, -0.2) is 9.78 Å². The van der Waals surface area contributed by atoms with Crippen molar-refractivity contribution in [3.8, 4) is 28.5 Å². The Morgan fingerprint density at radius 1 is 1.34 bits per heavy atom. The highest BCUT2D eigenvalue weighted by molar-refractivity contribution is 5.76. The molecule has 3 aromatic rings. The van der Waals surface area contributed by atoms with Gasteiger partial charge in [-0.15, -0.1) is 0 Å². The molecule has 0 aliphatic heterocycles. The Bertz CT molecular complexity index is 1130. The maximum atomic E-state index is 11.6. The first-order valence-corrected chi connectivity index (χ1v) is 9.33. The van der Waals surface area contributed by atoms with Crippen LogP contribution >= 0.6 is 0 Å². The number of carbonyl (C=O) groups is 1. The summed E-state index contributed by atoms with van der Waals surface area (Å²) in [5.74, 6) is 0.348. The van der Waals surface area contributed by atoms with Crippen molar-refractivity contribution in [3.63, 3.8) is 0 Å². The smallest absolute Gasteiger partial charge is 0.411 e. The number of benzene rings is 1. The van der Waals surface area contributed by atoms with Gasteiger partial charge in [0, 0.05) is 30.4 Å². The molecule has 0 aliphatic rings. The molecular formula is C20H21N5O7. The van der Waals surface area contributed by atoms with Crippen LogP contribution in [0, 0.1) is 10.1 Å². The standard InChI is InChI=1S/C20H21N5O7/c1-12(30-11-14-5-4-6-18(23-14)32-20(21)26)31-15-7-16(13-9-22-24(2)10-13)19(29-3)17(8-15)25(27)28/h4-10,12H,11H2,1-3H3,(H2,21,26). The molecule has 3 rings (SSSR count). The fourth-order valence-electron chi connectivity index (χ4n) is 2.91. The number of aromatic nitrogens is 3. The molecule has 32 heavy (non-hydrogen) atoms. The number of nitro benzene ring substituents is 1. The van der Waals surface area contributed by atoms with Crippen LogP contribution in [-0.2, 0) is 18.4 Å². The van der Waals surface area contributed by atoms with Gasteiger partial charge in [0.15, 0.2) is 6.29 Å². The van der Waals surface area contributed by atoms with E-state index in [0.29, 0.717) is 16.8 Å². The Balaban J connectivity index is 1.78. The lowest BCUT2D eigenvalue weighted by atomic mass is 10.1. The van der Waals surface area contributed by atoms with E-state index < -0.39 is 17.3 Å². The zero-order valence-corrected chi connectivity index (χ0v) is 17.5. The van der Waals surface area contributed by atoms with E-state index in [1.165, 1.54) is 19.2 Å². The summed E-state index contributed by atoms with van der Waals surface area (Å²) in [5.41, 5.74) is 6.27. The molecule has 0 bridgehead atoms. The largest absolute Gasteiger partial charge is 0.490 e. The Labute approximate surface area is 182 Å². The maximum Gasteiger partial charge on any atom is 0.411 e. The molecule has 2 aromatic heterocycles. The molecule has 0 radical (unpaired) electrons. The van der Waals surface area contributed by atoms with Crippen molar-refractivity contribution in [2.24, 2.45) is 12.8 Å². The van der Waals surface area contributed by atoms with E-state index in [0.717, 1.165) is 0 Å². The molecule has 168 valence electrons. The third-order valence-corrected chi connectivity index (χ3v) is 4.21. The number of aryl methyl sites for hydroxylation is 1. The molecule has 1 unspecified atom stereocenters. The van der Waals surface area contributed by atoms with Crippen LogP contribution in [0.2, 0.25) is 0 Å². The van der Waals surface area contributed by atoms with Crippen LogP contribution in [0.5, 0.6) is 17.4 Å². The van der Waals surface area contributed by atoms with E-state index in [2.05, 4.69) is 10.1 Å². The van der Waals surface area contributed by atoms with Crippen molar-refractivity contribution in [2.75, 3.05) is 7.11 Å². The summed E-state index contributed by atoms with van der Waals surface area (Å²) in [5, 5.41) is 15.7. The Hall–Kier alpha value is -4.19. The van der Waals surface area contributed by atoms with Gasteiger partial charge in [0.1, 0.15) is 5.75 Å². The number of pyridine rings is 1. The molecule has 0 fully saturated rings. The molecule has 2 heterocycles. The highest BCUT2D eigenvalue weighted by Gasteiger charge is 2.24. The SMILES string of the molecule is COc1c(-c2cnn(C)c2)cc(OC(C)OCc2cccc(OC(N)=O)n2)cc1[N+](=O)[O-]. The lowest BCUT2D eigenvalue weighted by Gasteiger charge is -2.17. The van der Waals surface area contributed by atoms with Crippen molar-refractivity contribution in [3.05, 3.63) is 58.5 Å². The van der Waals surface area contributed by atoms with Gasteiger partial charge in [0.25, 0.3) is 0 Å². The predicted octanol–water partition coefficient (Wildman–Crippen LogP) is 2.80. The lowest BCUT2D eigenvalue weighted by molar-refractivity contribution is -0.385. The fraction of sp³-hybridized carbons (Fsp3) is 0.250. The van der Waals surface area contributed by atoms with Crippen molar-refractivity contribution < 1.29 is 28.7 Å². The second kappa shape index (κ2) is 9.75. The second-order valence-corrected chi connectivity index (χ2v) is 6.57. The monoisotopic (exact) mass is 443 g/mol. The number of ether oxygens (including phenoxy) is 4. The number of nitro groups is 1. The van der Waals surface area contributed by atoms with E-state index in [1.54, 1.807) is 49.2 Å². The van der Waals surface area contributed by atoms with Gasteiger partial charge in [-0.3, -0.25) is 14.8 Å². The average molecular weight is 443 g/mol. The van der Waals surface area contributed by atoms with Crippen LogP contribution in [0.1, 0.15) is 12.6 Å². The molecule has 0 saturated carbocycles. The van der Waals surface area contributed by atoms with Gasteiger partial charge < -0.3 is 24.7 Å². The summed E-state index contributed by atoms with van der Waals surface area (Å²) in [6, 6.07) is 7.65. The molecular weight excluding hydrogens is 422 g/mol. The van der Waals surface area contributed by atoms with Crippen LogP contribution in [0.15, 0.2) is 42.7 Å². The first-order valence-electron chi connectivity index (χ1n) is 9.33. The minimum atomic E-state index is -0.974. The van der Waals surface area contributed by atoms with Crippen molar-refractivity contribution >= 4 is 11.8 Å². The summed E-state index contributed by atoms with van der Waals surface area (Å²) in [7, 11) is 3.09. The highest BCUT2D eigenvalue weighted by Crippen LogP contribution is 2.41. The summed E-state index contributed by atoms with van der Waals surface area (Å²) >= 11 is 0. The highest BCUT2D eigenvalue weighted by atomic mass is 16.7. The molecule has 12 nitrogen and oxygen atoms in total. The van der Waals surface area contributed by atoms with Gasteiger partial charge in [0.05, 0.1) is 36.6 Å². The Morgan fingerprint density at radius 3 is 2.75 bits per heavy atom. The number of nitrogens with zero attached hydrogens (tertiary/aromatic N) is 4. The van der Waals surface area contributed by atoms with E-state index in [4.69, 9.17) is 24.7 Å². The van der Waals surface area contributed by atoms with Crippen molar-refractivity contribution in [1.82, 2.24) is 14.8 Å². The molecule has 1 atom stereocenters. The first kappa shape index (κ1) is 22.5. The van der Waals surface area contributed by atoms with E-state index in [-0.39, 0.29) is 29.7 Å². The van der Waals surface area contributed by atoms with Gasteiger partial charge in [0.2, 0.25) is 11.6 Å². The van der Waals surface area contributed by atoms with E-state index in [9.17, 15) is 14.9 Å². The Kier molecular flexibility index (Phi) is 6.85. The molecule has 0 aliphatic carbocycles. The topological polar surface area (TPSA) is 154 Å². The minimum Gasteiger partial charge on any atom is -0.490 e. The number of primary amides is 1. The third kappa shape index (κ3) is 5.49. The molecule has 12 heteroatoms. The molecule has 0 spiro atoms. The van der Waals surface area contributed by atoms with Gasteiger partial charge in [-0.05, 0) is 19.1 Å². The summed E-state index contributed by atoms with van der Waals surface area (Å²) < 4.78 is 23.0. The van der Waals surface area contributed by atoms with Crippen molar-refractivity contribution in [2.45, 2.75) is 19.8 Å². The number of hydrogen-bond donors (Lipinski definition) is 1. The van der Waals surface area contributed by atoms with Crippen LogP contribution in [-0.4, -0.2) is 39.2 Å². The second-order valence-electron chi connectivity index (χ2n) is 6.57. The van der Waals surface area contributed by atoms with Crippen LogP contribution in [0.4, 0.5) is 10.5 Å². The van der Waals surface area contributed by atoms with Crippen LogP contribution < -0.4 is 19.9 Å². The number of rotatable bonds is 9. The quantitative estimate of drug-likeness (QED) is 0.299. The summed E-state index contributed by atoms with van der Waals surface area (Å²) in [6.07, 6.45) is 1.51. The molecule has 0 saturated heterocycles. The first-order chi connectivity index (χ1) is 15.3. The van der Waals surface area contributed by atoms with E-state index in [1.807, 2.05) is 0 Å². The number of methoxy groups -OCH3 is 1. The number of hydrogen-bond acceptors (Lipinski definition) is 9. The lowest BCUT2D eigenvalue weighted by Crippen LogP contribution is -2.18. The summed E-state index contributed by atoms with van der Waals surface area (Å²) in [6.45, 7) is 1.66. The maximum absolute atomic E-state index is 11.6. The number of amides is 1. The average Bonchev–Trinajstić information content (AvgIpc) is 3.17. The third-order valence-electron chi connectivity index (χ3n) is 4.21.